The first kappa shape index (κ1) is 15.0. The number of hydrogen-bond acceptors (Lipinski definition) is 3. The average Bonchev–Trinajstić information content (AvgIpc) is 2.46. The number of carbonyl (C=O) groups is 1. The highest BCUT2D eigenvalue weighted by atomic mass is 16.5. The Balaban J connectivity index is 1.88. The zero-order valence-electron chi connectivity index (χ0n) is 12.3. The Kier molecular flexibility index (Phi) is 5.15. The molecular weight excluding hydrogens is 252 g/mol. The van der Waals surface area contributed by atoms with Crippen molar-refractivity contribution in [1.82, 2.24) is 5.32 Å². The lowest BCUT2D eigenvalue weighted by Crippen LogP contribution is -2.45. The minimum Gasteiger partial charge on any atom is -0.380 e. The predicted octanol–water partition coefficient (Wildman–Crippen LogP) is 1.75. The summed E-state index contributed by atoms with van der Waals surface area (Å²) >= 11 is 0. The van der Waals surface area contributed by atoms with Gasteiger partial charge in [0.15, 0.2) is 0 Å². The lowest BCUT2D eigenvalue weighted by molar-refractivity contribution is -0.128. The van der Waals surface area contributed by atoms with Crippen LogP contribution in [0, 0.1) is 12.8 Å². The van der Waals surface area contributed by atoms with Gasteiger partial charge in [0.2, 0.25) is 5.91 Å². The number of nitrogens with one attached hydrogen (secondary N) is 1. The third-order valence-corrected chi connectivity index (χ3v) is 4.23. The van der Waals surface area contributed by atoms with Gasteiger partial charge >= 0.3 is 0 Å². The van der Waals surface area contributed by atoms with Crippen molar-refractivity contribution in [2.24, 2.45) is 11.7 Å². The van der Waals surface area contributed by atoms with E-state index in [1.54, 1.807) is 7.11 Å². The third-order valence-electron chi connectivity index (χ3n) is 4.23. The fraction of sp³-hybridized carbons (Fsp3) is 0.562. The van der Waals surface area contributed by atoms with Crippen molar-refractivity contribution in [3.63, 3.8) is 0 Å². The Morgan fingerprint density at radius 3 is 2.85 bits per heavy atom. The van der Waals surface area contributed by atoms with E-state index in [9.17, 15) is 4.79 Å². The Morgan fingerprint density at radius 1 is 1.40 bits per heavy atom. The van der Waals surface area contributed by atoms with E-state index in [4.69, 9.17) is 10.5 Å². The van der Waals surface area contributed by atoms with Gasteiger partial charge in [0.25, 0.3) is 0 Å². The van der Waals surface area contributed by atoms with Crippen LogP contribution in [0.5, 0.6) is 0 Å². The van der Waals surface area contributed by atoms with Gasteiger partial charge in [-0.3, -0.25) is 4.79 Å². The second kappa shape index (κ2) is 6.86. The molecular formula is C16H24N2O2. The summed E-state index contributed by atoms with van der Waals surface area (Å²) < 4.78 is 5.36. The van der Waals surface area contributed by atoms with Crippen LogP contribution in [0.2, 0.25) is 0 Å². The number of benzene rings is 1. The third kappa shape index (κ3) is 3.58. The molecule has 1 aliphatic carbocycles. The molecule has 2 rings (SSSR count). The molecule has 4 nitrogen and oxygen atoms in total. The minimum atomic E-state index is -0.00189. The highest BCUT2D eigenvalue weighted by Gasteiger charge is 2.31. The van der Waals surface area contributed by atoms with E-state index in [1.807, 2.05) is 18.2 Å². The molecule has 0 bridgehead atoms. The van der Waals surface area contributed by atoms with Crippen LogP contribution in [-0.4, -0.2) is 25.2 Å². The van der Waals surface area contributed by atoms with Crippen molar-refractivity contribution in [3.05, 3.63) is 35.4 Å². The van der Waals surface area contributed by atoms with Crippen LogP contribution in [0.1, 0.15) is 30.4 Å². The van der Waals surface area contributed by atoms with E-state index in [1.165, 1.54) is 5.56 Å². The van der Waals surface area contributed by atoms with Crippen molar-refractivity contribution >= 4 is 5.91 Å². The molecule has 0 aliphatic heterocycles. The van der Waals surface area contributed by atoms with Crippen molar-refractivity contribution in [1.29, 1.82) is 0 Å². The van der Waals surface area contributed by atoms with Gasteiger partial charge < -0.3 is 15.8 Å². The number of amides is 1. The summed E-state index contributed by atoms with van der Waals surface area (Å²) in [5, 5.41) is 3.03. The molecule has 0 heterocycles. The van der Waals surface area contributed by atoms with E-state index < -0.39 is 0 Å². The number of aryl methyl sites for hydroxylation is 1. The van der Waals surface area contributed by atoms with Crippen LogP contribution in [0.25, 0.3) is 0 Å². The second-order valence-corrected chi connectivity index (χ2v) is 5.59. The molecule has 0 unspecified atom stereocenters. The molecule has 4 heteroatoms. The van der Waals surface area contributed by atoms with Gasteiger partial charge in [0.05, 0.1) is 6.10 Å². The quantitative estimate of drug-likeness (QED) is 0.880. The molecule has 1 fully saturated rings. The minimum absolute atomic E-state index is 0.00189. The molecule has 110 valence electrons. The highest BCUT2D eigenvalue weighted by Crippen LogP contribution is 2.25. The SMILES string of the molecule is CO[C@H]1C[C@@H](C(=O)NCc2ccccc2C)CC[C@@H]1N. The van der Waals surface area contributed by atoms with Crippen molar-refractivity contribution in [3.8, 4) is 0 Å². The van der Waals surface area contributed by atoms with Crippen molar-refractivity contribution < 1.29 is 9.53 Å². The summed E-state index contributed by atoms with van der Waals surface area (Å²) in [7, 11) is 1.66. The maximum absolute atomic E-state index is 12.2. The molecule has 1 aromatic rings. The molecule has 20 heavy (non-hydrogen) atoms. The van der Waals surface area contributed by atoms with Gasteiger partial charge in [-0.15, -0.1) is 0 Å². The number of carbonyl (C=O) groups excluding carboxylic acids is 1. The monoisotopic (exact) mass is 276 g/mol. The maximum Gasteiger partial charge on any atom is 0.223 e. The van der Waals surface area contributed by atoms with E-state index in [0.29, 0.717) is 6.54 Å². The molecule has 0 saturated heterocycles. The zero-order valence-corrected chi connectivity index (χ0v) is 12.3. The summed E-state index contributed by atoms with van der Waals surface area (Å²) in [6.45, 7) is 2.65. The Labute approximate surface area is 120 Å². The van der Waals surface area contributed by atoms with Gasteiger partial charge in [-0.2, -0.15) is 0 Å². The van der Waals surface area contributed by atoms with E-state index >= 15 is 0 Å². The summed E-state index contributed by atoms with van der Waals surface area (Å²) in [5.41, 5.74) is 8.35. The zero-order chi connectivity index (χ0) is 14.5. The molecule has 0 spiro atoms. The number of rotatable bonds is 4. The standard InChI is InChI=1S/C16H24N2O2/c1-11-5-3-4-6-13(11)10-18-16(19)12-7-8-14(17)15(9-12)20-2/h3-6,12,14-15H,7-10,17H2,1-2H3,(H,18,19)/t12-,14-,15-/m0/s1. The Hall–Kier alpha value is -1.39. The molecule has 1 aromatic carbocycles. The van der Waals surface area contributed by atoms with Crippen LogP contribution < -0.4 is 11.1 Å². The lowest BCUT2D eigenvalue weighted by Gasteiger charge is -2.32. The number of ether oxygens (including phenoxy) is 1. The van der Waals surface area contributed by atoms with Crippen LogP contribution in [0.15, 0.2) is 24.3 Å². The van der Waals surface area contributed by atoms with Crippen LogP contribution >= 0.6 is 0 Å². The molecule has 0 radical (unpaired) electrons. The topological polar surface area (TPSA) is 64.3 Å². The average molecular weight is 276 g/mol. The first-order valence-electron chi connectivity index (χ1n) is 7.22. The fourth-order valence-electron chi connectivity index (χ4n) is 2.80. The maximum atomic E-state index is 12.2. The van der Waals surface area contributed by atoms with E-state index in [-0.39, 0.29) is 24.0 Å². The first-order valence-corrected chi connectivity index (χ1v) is 7.22. The molecule has 1 saturated carbocycles. The largest absolute Gasteiger partial charge is 0.380 e. The Bertz CT molecular complexity index is 462. The second-order valence-electron chi connectivity index (χ2n) is 5.59. The predicted molar refractivity (Wildman–Crippen MR) is 79.1 cm³/mol. The molecule has 1 amide bonds. The number of methoxy groups -OCH3 is 1. The summed E-state index contributed by atoms with van der Waals surface area (Å²) in [5.74, 6) is 0.131. The first-order chi connectivity index (χ1) is 9.61. The molecule has 0 aromatic heterocycles. The van der Waals surface area contributed by atoms with Gasteiger partial charge in [-0.05, 0) is 37.3 Å². The van der Waals surface area contributed by atoms with Gasteiger partial charge in [0.1, 0.15) is 0 Å². The summed E-state index contributed by atoms with van der Waals surface area (Å²) in [4.78, 5) is 12.2. The number of hydrogen-bond donors (Lipinski definition) is 2. The van der Waals surface area contributed by atoms with Crippen molar-refractivity contribution in [2.45, 2.75) is 44.9 Å². The van der Waals surface area contributed by atoms with Crippen LogP contribution in [0.4, 0.5) is 0 Å². The molecule has 3 N–H and O–H groups in total. The normalized spacial score (nSPS) is 26.2. The van der Waals surface area contributed by atoms with E-state index in [2.05, 4.69) is 18.3 Å². The molecule has 3 atom stereocenters. The van der Waals surface area contributed by atoms with Crippen molar-refractivity contribution in [2.75, 3.05) is 7.11 Å². The number of nitrogens with two attached hydrogens (primary N) is 1. The summed E-state index contributed by atoms with van der Waals surface area (Å²) in [6.07, 6.45) is 2.41. The summed E-state index contributed by atoms with van der Waals surface area (Å²) in [6, 6.07) is 8.16. The highest BCUT2D eigenvalue weighted by molar-refractivity contribution is 5.78. The molecule has 1 aliphatic rings. The fourth-order valence-corrected chi connectivity index (χ4v) is 2.80. The van der Waals surface area contributed by atoms with Crippen LogP contribution in [-0.2, 0) is 16.1 Å². The lowest BCUT2D eigenvalue weighted by atomic mass is 9.83. The van der Waals surface area contributed by atoms with E-state index in [0.717, 1.165) is 24.8 Å². The van der Waals surface area contributed by atoms with Gasteiger partial charge in [-0.25, -0.2) is 0 Å². The van der Waals surface area contributed by atoms with Crippen LogP contribution in [0.3, 0.4) is 0 Å². The Morgan fingerprint density at radius 2 is 2.15 bits per heavy atom. The smallest absolute Gasteiger partial charge is 0.223 e. The van der Waals surface area contributed by atoms with Gasteiger partial charge in [-0.1, -0.05) is 24.3 Å². The van der Waals surface area contributed by atoms with Gasteiger partial charge in [0, 0.05) is 25.6 Å².